The summed E-state index contributed by atoms with van der Waals surface area (Å²) in [6.45, 7) is 5.75. The molecular weight excluding hydrogens is 334 g/mol. The number of esters is 2. The van der Waals surface area contributed by atoms with Crippen molar-refractivity contribution in [2.45, 2.75) is 90.7 Å². The molecule has 0 spiro atoms. The largest absolute Gasteiger partial charge is 0.465 e. The summed E-state index contributed by atoms with van der Waals surface area (Å²) in [6, 6.07) is 0.139. The standard InChI is InChI=1S/C20H33NO5/c1-4-6-10-13-20(18(23)25-5-2)14(3)16(26-19(20)24)17(22)21-15-11-8-7-9-12-15/h14-16H,4-13H2,1-3H3,(H,21,22)/t14-,16+,20+/m0/s1. The molecule has 6 nitrogen and oxygen atoms in total. The van der Waals surface area contributed by atoms with Crippen LogP contribution in [0.25, 0.3) is 0 Å². The zero-order valence-corrected chi connectivity index (χ0v) is 16.3. The molecule has 0 radical (unpaired) electrons. The van der Waals surface area contributed by atoms with Gasteiger partial charge in [0.2, 0.25) is 0 Å². The number of carbonyl (C=O) groups is 3. The Morgan fingerprint density at radius 3 is 2.50 bits per heavy atom. The lowest BCUT2D eigenvalue weighted by molar-refractivity contribution is -0.167. The molecule has 0 bridgehead atoms. The van der Waals surface area contributed by atoms with Crippen LogP contribution < -0.4 is 5.32 Å². The normalized spacial score (nSPS) is 29.3. The predicted octanol–water partition coefficient (Wildman–Crippen LogP) is 3.13. The molecule has 1 aliphatic carbocycles. The van der Waals surface area contributed by atoms with Crippen molar-refractivity contribution < 1.29 is 23.9 Å². The fourth-order valence-corrected chi connectivity index (χ4v) is 4.19. The van der Waals surface area contributed by atoms with Crippen molar-refractivity contribution in [3.63, 3.8) is 0 Å². The Balaban J connectivity index is 2.14. The summed E-state index contributed by atoms with van der Waals surface area (Å²) >= 11 is 0. The maximum absolute atomic E-state index is 12.7. The molecule has 0 aromatic carbocycles. The summed E-state index contributed by atoms with van der Waals surface area (Å²) in [7, 11) is 0. The molecule has 0 unspecified atom stereocenters. The Hall–Kier alpha value is -1.59. The van der Waals surface area contributed by atoms with Gasteiger partial charge in [-0.3, -0.25) is 14.4 Å². The lowest BCUT2D eigenvalue weighted by Crippen LogP contribution is -2.47. The number of hydrogen-bond donors (Lipinski definition) is 1. The van der Waals surface area contributed by atoms with E-state index in [0.29, 0.717) is 6.42 Å². The lowest BCUT2D eigenvalue weighted by atomic mass is 9.72. The van der Waals surface area contributed by atoms with Gasteiger partial charge in [0.1, 0.15) is 0 Å². The molecule has 2 fully saturated rings. The van der Waals surface area contributed by atoms with Gasteiger partial charge in [0.05, 0.1) is 6.61 Å². The van der Waals surface area contributed by atoms with Gasteiger partial charge in [0.15, 0.2) is 11.5 Å². The second-order valence-corrected chi connectivity index (χ2v) is 7.61. The molecule has 148 valence electrons. The zero-order valence-electron chi connectivity index (χ0n) is 16.3. The van der Waals surface area contributed by atoms with Crippen molar-refractivity contribution >= 4 is 17.8 Å². The molecule has 0 aromatic rings. The molecule has 1 N–H and O–H groups in total. The molecule has 2 aliphatic rings. The van der Waals surface area contributed by atoms with Gasteiger partial charge in [-0.25, -0.2) is 0 Å². The number of unbranched alkanes of at least 4 members (excludes halogenated alkanes) is 2. The maximum atomic E-state index is 12.7. The van der Waals surface area contributed by atoms with Gasteiger partial charge in [-0.2, -0.15) is 0 Å². The summed E-state index contributed by atoms with van der Waals surface area (Å²) in [6.07, 6.45) is 7.40. The summed E-state index contributed by atoms with van der Waals surface area (Å²) in [5.41, 5.74) is -1.36. The van der Waals surface area contributed by atoms with Crippen molar-refractivity contribution in [2.75, 3.05) is 6.61 Å². The highest BCUT2D eigenvalue weighted by atomic mass is 16.6. The molecule has 1 saturated carbocycles. The van der Waals surface area contributed by atoms with E-state index in [2.05, 4.69) is 12.2 Å². The summed E-state index contributed by atoms with van der Waals surface area (Å²) < 4.78 is 10.6. The third kappa shape index (κ3) is 4.21. The van der Waals surface area contributed by atoms with Crippen molar-refractivity contribution in [2.24, 2.45) is 11.3 Å². The molecule has 1 saturated heterocycles. The zero-order chi connectivity index (χ0) is 19.2. The third-order valence-electron chi connectivity index (χ3n) is 5.85. The Bertz CT molecular complexity index is 514. The van der Waals surface area contributed by atoms with Crippen LogP contribution in [-0.4, -0.2) is 36.6 Å². The molecule has 0 aromatic heterocycles. The first-order valence-corrected chi connectivity index (χ1v) is 10.2. The predicted molar refractivity (Wildman–Crippen MR) is 97.3 cm³/mol. The number of carbonyl (C=O) groups excluding carboxylic acids is 3. The average molecular weight is 367 g/mol. The van der Waals surface area contributed by atoms with Crippen LogP contribution in [0.3, 0.4) is 0 Å². The first-order chi connectivity index (χ1) is 12.5. The van der Waals surface area contributed by atoms with E-state index in [1.54, 1.807) is 13.8 Å². The first kappa shape index (κ1) is 20.7. The van der Waals surface area contributed by atoms with Crippen LogP contribution in [0, 0.1) is 11.3 Å². The van der Waals surface area contributed by atoms with Crippen molar-refractivity contribution in [1.82, 2.24) is 5.32 Å². The molecule has 6 heteroatoms. The van der Waals surface area contributed by atoms with E-state index < -0.39 is 29.4 Å². The summed E-state index contributed by atoms with van der Waals surface area (Å²) in [5, 5.41) is 3.02. The molecule has 26 heavy (non-hydrogen) atoms. The monoisotopic (exact) mass is 367 g/mol. The van der Waals surface area contributed by atoms with E-state index in [9.17, 15) is 14.4 Å². The minimum atomic E-state index is -1.36. The van der Waals surface area contributed by atoms with Crippen LogP contribution in [0.1, 0.15) is 78.6 Å². The number of hydrogen-bond acceptors (Lipinski definition) is 5. The summed E-state index contributed by atoms with van der Waals surface area (Å²) in [4.78, 5) is 38.1. The lowest BCUT2D eigenvalue weighted by Gasteiger charge is -2.28. The van der Waals surface area contributed by atoms with Crippen molar-refractivity contribution in [3.8, 4) is 0 Å². The fraction of sp³-hybridized carbons (Fsp3) is 0.850. The van der Waals surface area contributed by atoms with E-state index in [0.717, 1.165) is 44.9 Å². The number of amides is 1. The highest BCUT2D eigenvalue weighted by Crippen LogP contribution is 2.45. The highest BCUT2D eigenvalue weighted by molar-refractivity contribution is 6.04. The van der Waals surface area contributed by atoms with Crippen LogP contribution in [0.5, 0.6) is 0 Å². The van der Waals surface area contributed by atoms with Crippen LogP contribution in [0.15, 0.2) is 0 Å². The van der Waals surface area contributed by atoms with Gasteiger partial charge in [-0.05, 0) is 26.2 Å². The van der Waals surface area contributed by atoms with E-state index in [-0.39, 0.29) is 18.6 Å². The number of ether oxygens (including phenoxy) is 2. The maximum Gasteiger partial charge on any atom is 0.324 e. The Kier molecular flexibility index (Phi) is 7.47. The summed E-state index contributed by atoms with van der Waals surface area (Å²) in [5.74, 6) is -1.97. The van der Waals surface area contributed by atoms with E-state index >= 15 is 0 Å². The van der Waals surface area contributed by atoms with Crippen LogP contribution in [0.2, 0.25) is 0 Å². The topological polar surface area (TPSA) is 81.7 Å². The molecule has 1 heterocycles. The number of rotatable bonds is 8. The van der Waals surface area contributed by atoms with Gasteiger partial charge in [-0.15, -0.1) is 0 Å². The third-order valence-corrected chi connectivity index (χ3v) is 5.85. The van der Waals surface area contributed by atoms with Crippen LogP contribution in [0.4, 0.5) is 0 Å². The molecule has 2 rings (SSSR count). The van der Waals surface area contributed by atoms with Crippen LogP contribution >= 0.6 is 0 Å². The first-order valence-electron chi connectivity index (χ1n) is 10.2. The number of cyclic esters (lactones) is 1. The second kappa shape index (κ2) is 9.38. The molecule has 1 aliphatic heterocycles. The van der Waals surface area contributed by atoms with Crippen molar-refractivity contribution in [3.05, 3.63) is 0 Å². The van der Waals surface area contributed by atoms with E-state index in [1.807, 2.05) is 0 Å². The Labute approximate surface area is 156 Å². The molecule has 3 atom stereocenters. The minimum absolute atomic E-state index is 0.139. The SMILES string of the molecule is CCCCC[C@@]1(C(=O)OCC)C(=O)O[C@@H](C(=O)NC2CCCCC2)[C@@H]1C. The van der Waals surface area contributed by atoms with E-state index in [4.69, 9.17) is 9.47 Å². The second-order valence-electron chi connectivity index (χ2n) is 7.61. The van der Waals surface area contributed by atoms with Crippen LogP contribution in [-0.2, 0) is 23.9 Å². The van der Waals surface area contributed by atoms with Gasteiger partial charge >= 0.3 is 11.9 Å². The quantitative estimate of drug-likeness (QED) is 0.405. The Morgan fingerprint density at radius 2 is 1.88 bits per heavy atom. The van der Waals surface area contributed by atoms with Gasteiger partial charge in [0, 0.05) is 12.0 Å². The highest BCUT2D eigenvalue weighted by Gasteiger charge is 2.62. The minimum Gasteiger partial charge on any atom is -0.465 e. The Morgan fingerprint density at radius 1 is 1.19 bits per heavy atom. The van der Waals surface area contributed by atoms with Gasteiger partial charge < -0.3 is 14.8 Å². The van der Waals surface area contributed by atoms with Gasteiger partial charge in [-0.1, -0.05) is 52.4 Å². The van der Waals surface area contributed by atoms with Crippen molar-refractivity contribution in [1.29, 1.82) is 0 Å². The molecule has 1 amide bonds. The average Bonchev–Trinajstić information content (AvgIpc) is 2.88. The van der Waals surface area contributed by atoms with Gasteiger partial charge in [0.25, 0.3) is 5.91 Å². The number of nitrogens with one attached hydrogen (secondary N) is 1. The van der Waals surface area contributed by atoms with E-state index in [1.165, 1.54) is 6.42 Å². The molecular formula is C20H33NO5. The smallest absolute Gasteiger partial charge is 0.324 e. The fourth-order valence-electron chi connectivity index (χ4n) is 4.19.